The van der Waals surface area contributed by atoms with E-state index in [1.165, 1.54) is 0 Å². The molecular weight excluding hydrogens is 176 g/mol. The summed E-state index contributed by atoms with van der Waals surface area (Å²) in [6.07, 6.45) is 5.95. The summed E-state index contributed by atoms with van der Waals surface area (Å²) in [7, 11) is 0. The normalized spacial score (nSPS) is 10.0. The van der Waals surface area contributed by atoms with Gasteiger partial charge in [0.25, 0.3) is 0 Å². The number of nitrogen functional groups attached to an aromatic ring is 1. The van der Waals surface area contributed by atoms with Gasteiger partial charge in [0.2, 0.25) is 5.95 Å². The first-order valence-corrected chi connectivity index (χ1v) is 4.31. The monoisotopic (exact) mass is 186 g/mol. The third kappa shape index (κ3) is 2.04. The summed E-state index contributed by atoms with van der Waals surface area (Å²) in [6, 6.07) is 5.82. The van der Waals surface area contributed by atoms with Crippen molar-refractivity contribution in [2.24, 2.45) is 0 Å². The molecule has 70 valence electrons. The molecule has 0 spiro atoms. The van der Waals surface area contributed by atoms with E-state index in [4.69, 9.17) is 5.73 Å². The molecule has 0 saturated carbocycles. The highest BCUT2D eigenvalue weighted by Gasteiger charge is 1.97. The Hall–Kier alpha value is -1.97. The van der Waals surface area contributed by atoms with Gasteiger partial charge in [-0.3, -0.25) is 4.98 Å². The quantitative estimate of drug-likeness (QED) is 0.761. The zero-order valence-corrected chi connectivity index (χ0v) is 7.59. The molecule has 0 fully saturated rings. The van der Waals surface area contributed by atoms with Gasteiger partial charge in [0.05, 0.1) is 0 Å². The van der Waals surface area contributed by atoms with Gasteiger partial charge < -0.3 is 5.73 Å². The Kier molecular flexibility index (Phi) is 2.36. The van der Waals surface area contributed by atoms with Crippen molar-refractivity contribution < 1.29 is 0 Å². The van der Waals surface area contributed by atoms with Crippen molar-refractivity contribution in [1.29, 1.82) is 0 Å². The Morgan fingerprint density at radius 2 is 1.86 bits per heavy atom. The number of aromatic nitrogens is 3. The van der Waals surface area contributed by atoms with Crippen LogP contribution in [0.15, 0.2) is 36.8 Å². The predicted molar refractivity (Wildman–Crippen MR) is 53.5 cm³/mol. The van der Waals surface area contributed by atoms with Gasteiger partial charge in [-0.05, 0) is 17.7 Å². The molecule has 0 atom stereocenters. The average molecular weight is 186 g/mol. The second-order valence-corrected chi connectivity index (χ2v) is 2.95. The molecule has 14 heavy (non-hydrogen) atoms. The molecule has 4 heteroatoms. The molecule has 2 heterocycles. The van der Waals surface area contributed by atoms with Crippen molar-refractivity contribution in [3.05, 3.63) is 48.0 Å². The van der Waals surface area contributed by atoms with Gasteiger partial charge in [0.15, 0.2) is 0 Å². The Bertz CT molecular complexity index is 396. The summed E-state index contributed by atoms with van der Waals surface area (Å²) < 4.78 is 0. The lowest BCUT2D eigenvalue weighted by Crippen LogP contribution is -1.97. The molecule has 0 aliphatic rings. The highest BCUT2D eigenvalue weighted by Crippen LogP contribution is 2.04. The fourth-order valence-electron chi connectivity index (χ4n) is 1.17. The maximum atomic E-state index is 5.38. The van der Waals surface area contributed by atoms with Crippen LogP contribution in [0.4, 0.5) is 5.95 Å². The third-order valence-corrected chi connectivity index (χ3v) is 1.84. The minimum atomic E-state index is 0.301. The average Bonchev–Trinajstić information content (AvgIpc) is 2.23. The number of nitrogens with two attached hydrogens (primary N) is 1. The van der Waals surface area contributed by atoms with Crippen LogP contribution >= 0.6 is 0 Å². The van der Waals surface area contributed by atoms with Crippen LogP contribution in [0, 0.1) is 0 Å². The predicted octanol–water partition coefficient (Wildman–Crippen LogP) is 1.04. The Balaban J connectivity index is 2.16. The highest BCUT2D eigenvalue weighted by molar-refractivity contribution is 5.21. The van der Waals surface area contributed by atoms with Crippen molar-refractivity contribution in [1.82, 2.24) is 15.0 Å². The number of pyridine rings is 1. The van der Waals surface area contributed by atoms with Crippen LogP contribution < -0.4 is 5.73 Å². The molecule has 2 aromatic rings. The van der Waals surface area contributed by atoms with Gasteiger partial charge in [-0.2, -0.15) is 0 Å². The van der Waals surface area contributed by atoms with Crippen molar-refractivity contribution in [3.63, 3.8) is 0 Å². The van der Waals surface area contributed by atoms with Crippen LogP contribution in [0.2, 0.25) is 0 Å². The molecule has 0 radical (unpaired) electrons. The lowest BCUT2D eigenvalue weighted by molar-refractivity contribution is 1.03. The first kappa shape index (κ1) is 8.62. The molecular formula is C10H10N4. The van der Waals surface area contributed by atoms with E-state index in [2.05, 4.69) is 15.0 Å². The van der Waals surface area contributed by atoms with Crippen LogP contribution in [0.3, 0.4) is 0 Å². The van der Waals surface area contributed by atoms with E-state index >= 15 is 0 Å². The third-order valence-electron chi connectivity index (χ3n) is 1.84. The van der Waals surface area contributed by atoms with E-state index in [0.717, 1.165) is 17.7 Å². The van der Waals surface area contributed by atoms with Gasteiger partial charge in [-0.15, -0.1) is 0 Å². The first-order chi connectivity index (χ1) is 6.84. The molecule has 2 N–H and O–H groups in total. The second-order valence-electron chi connectivity index (χ2n) is 2.95. The van der Waals surface area contributed by atoms with Gasteiger partial charge in [-0.25, -0.2) is 9.97 Å². The minimum absolute atomic E-state index is 0.301. The Labute approximate surface area is 81.9 Å². The first-order valence-electron chi connectivity index (χ1n) is 4.31. The SMILES string of the molecule is Nc1ncc(Cc2ccccn2)cn1. The van der Waals surface area contributed by atoms with Crippen LogP contribution in [0.5, 0.6) is 0 Å². The smallest absolute Gasteiger partial charge is 0.219 e. The maximum absolute atomic E-state index is 5.38. The molecule has 0 aromatic carbocycles. The molecule has 0 aliphatic heterocycles. The van der Waals surface area contributed by atoms with Crippen molar-refractivity contribution in [3.8, 4) is 0 Å². The van der Waals surface area contributed by atoms with E-state index < -0.39 is 0 Å². The van der Waals surface area contributed by atoms with Gasteiger partial charge in [-0.1, -0.05) is 6.07 Å². The molecule has 0 aliphatic carbocycles. The van der Waals surface area contributed by atoms with Crippen LogP contribution in [-0.4, -0.2) is 15.0 Å². The van der Waals surface area contributed by atoms with E-state index in [9.17, 15) is 0 Å². The molecule has 0 amide bonds. The molecule has 2 aromatic heterocycles. The van der Waals surface area contributed by atoms with Crippen LogP contribution in [-0.2, 0) is 6.42 Å². The van der Waals surface area contributed by atoms with Crippen molar-refractivity contribution in [2.75, 3.05) is 5.73 Å². The van der Waals surface area contributed by atoms with E-state index in [-0.39, 0.29) is 0 Å². The molecule has 2 rings (SSSR count). The van der Waals surface area contributed by atoms with Gasteiger partial charge in [0, 0.05) is 30.7 Å². The summed E-state index contributed by atoms with van der Waals surface area (Å²) in [5, 5.41) is 0. The minimum Gasteiger partial charge on any atom is -0.368 e. The number of rotatable bonds is 2. The van der Waals surface area contributed by atoms with E-state index in [0.29, 0.717) is 5.95 Å². The molecule has 0 unspecified atom stereocenters. The van der Waals surface area contributed by atoms with Gasteiger partial charge in [0.1, 0.15) is 0 Å². The maximum Gasteiger partial charge on any atom is 0.219 e. The molecule has 0 saturated heterocycles. The van der Waals surface area contributed by atoms with Crippen molar-refractivity contribution >= 4 is 5.95 Å². The topological polar surface area (TPSA) is 64.7 Å². The Morgan fingerprint density at radius 1 is 1.07 bits per heavy atom. The van der Waals surface area contributed by atoms with E-state index in [1.54, 1.807) is 18.6 Å². The van der Waals surface area contributed by atoms with E-state index in [1.807, 2.05) is 18.2 Å². The summed E-state index contributed by atoms with van der Waals surface area (Å²) in [4.78, 5) is 12.0. The van der Waals surface area contributed by atoms with Gasteiger partial charge >= 0.3 is 0 Å². The largest absolute Gasteiger partial charge is 0.368 e. The summed E-state index contributed by atoms with van der Waals surface area (Å²) in [6.45, 7) is 0. The highest BCUT2D eigenvalue weighted by atomic mass is 15.0. The van der Waals surface area contributed by atoms with Crippen molar-refractivity contribution in [2.45, 2.75) is 6.42 Å². The lowest BCUT2D eigenvalue weighted by atomic mass is 10.2. The standard InChI is InChI=1S/C10H10N4/c11-10-13-6-8(7-14-10)5-9-3-1-2-4-12-9/h1-4,6-7H,5H2,(H2,11,13,14). The molecule has 0 bridgehead atoms. The zero-order valence-electron chi connectivity index (χ0n) is 7.59. The summed E-state index contributed by atoms with van der Waals surface area (Å²) in [5.41, 5.74) is 7.39. The summed E-state index contributed by atoms with van der Waals surface area (Å²) in [5.74, 6) is 0.301. The number of hydrogen-bond donors (Lipinski definition) is 1. The lowest BCUT2D eigenvalue weighted by Gasteiger charge is -1.99. The second kappa shape index (κ2) is 3.83. The fraction of sp³-hybridized carbons (Fsp3) is 0.100. The zero-order chi connectivity index (χ0) is 9.80. The van der Waals surface area contributed by atoms with Crippen LogP contribution in [0.25, 0.3) is 0 Å². The Morgan fingerprint density at radius 3 is 2.50 bits per heavy atom. The number of anilines is 1. The number of hydrogen-bond acceptors (Lipinski definition) is 4. The fourth-order valence-corrected chi connectivity index (χ4v) is 1.17. The number of nitrogens with zero attached hydrogens (tertiary/aromatic N) is 3. The molecule has 4 nitrogen and oxygen atoms in total. The van der Waals surface area contributed by atoms with Crippen LogP contribution in [0.1, 0.15) is 11.3 Å². The summed E-state index contributed by atoms with van der Waals surface area (Å²) >= 11 is 0.